The average Bonchev–Trinajstić information content (AvgIpc) is 4.03. The molecule has 0 radical (unpaired) electrons. The number of hydrogen-bond donors (Lipinski definition) is 4. The molecule has 3 aromatic heterocycles. The first kappa shape index (κ1) is 38.3. The molecule has 4 unspecified atom stereocenters. The van der Waals surface area contributed by atoms with Crippen LogP contribution in [0.4, 0.5) is 9.59 Å². The van der Waals surface area contributed by atoms with Crippen molar-refractivity contribution in [1.82, 2.24) is 45.4 Å². The molecule has 2 fully saturated rings. The van der Waals surface area contributed by atoms with Crippen molar-refractivity contribution in [1.29, 1.82) is 0 Å². The van der Waals surface area contributed by atoms with E-state index in [-0.39, 0.29) is 35.7 Å². The molecule has 56 heavy (non-hydrogen) atoms. The topological polar surface area (TPSA) is 188 Å². The standard InChI is InChI=1S/C41H49N9O6/c1-22(2)34(47-40(53)55-5)38(51)49-15-7-9-32(49)36-43-20-30(45-36)27-14-12-24-17-26(13-11-25(24)18-27)28-19-29-31(21-42-28)46-37(44-29)33-10-8-16-50(33)39(52)35(23(3)4)48-41(54)56-6/h11-14,17-23,32-35H,7-10,15-16H2,1-6H3,(H,43,45)(H,44,46)(H,47,53)(H,48,54). The molecule has 5 aromatic rings. The van der Waals surface area contributed by atoms with Crippen LogP contribution in [0.3, 0.4) is 0 Å². The zero-order chi connectivity index (χ0) is 39.7. The number of carbonyl (C=O) groups excluding carboxylic acids is 4. The number of ether oxygens (including phenoxy) is 2. The highest BCUT2D eigenvalue weighted by Crippen LogP contribution is 2.35. The minimum absolute atomic E-state index is 0.112. The van der Waals surface area contributed by atoms with E-state index < -0.39 is 24.3 Å². The first-order valence-corrected chi connectivity index (χ1v) is 19.2. The normalized spacial score (nSPS) is 18.1. The van der Waals surface area contributed by atoms with Gasteiger partial charge in [0.05, 0.1) is 61.1 Å². The molecule has 2 saturated heterocycles. The highest BCUT2D eigenvalue weighted by molar-refractivity contribution is 5.91. The number of methoxy groups -OCH3 is 2. The van der Waals surface area contributed by atoms with Crippen LogP contribution < -0.4 is 10.6 Å². The van der Waals surface area contributed by atoms with Gasteiger partial charge in [-0.25, -0.2) is 19.6 Å². The van der Waals surface area contributed by atoms with Crippen LogP contribution in [0.1, 0.15) is 77.1 Å². The van der Waals surface area contributed by atoms with E-state index in [1.807, 2.05) is 45.9 Å². The van der Waals surface area contributed by atoms with Crippen molar-refractivity contribution < 1.29 is 28.7 Å². The summed E-state index contributed by atoms with van der Waals surface area (Å²) in [5, 5.41) is 7.48. The molecule has 15 heteroatoms. The van der Waals surface area contributed by atoms with Crippen LogP contribution in [0.5, 0.6) is 0 Å². The molecule has 15 nitrogen and oxygen atoms in total. The van der Waals surface area contributed by atoms with Crippen LogP contribution in [0.15, 0.2) is 54.9 Å². The van der Waals surface area contributed by atoms with Crippen molar-refractivity contribution in [3.8, 4) is 22.5 Å². The molecular weight excluding hydrogens is 715 g/mol. The molecule has 0 spiro atoms. The molecule has 4 atom stereocenters. The maximum absolute atomic E-state index is 13.6. The Labute approximate surface area is 324 Å². The number of pyridine rings is 1. The maximum atomic E-state index is 13.6. The van der Waals surface area contributed by atoms with Gasteiger partial charge in [-0.15, -0.1) is 0 Å². The van der Waals surface area contributed by atoms with Gasteiger partial charge in [-0.2, -0.15) is 0 Å². The maximum Gasteiger partial charge on any atom is 0.407 e. The van der Waals surface area contributed by atoms with Crippen LogP contribution >= 0.6 is 0 Å². The summed E-state index contributed by atoms with van der Waals surface area (Å²) in [6.45, 7) is 8.75. The molecule has 0 aliphatic carbocycles. The number of carbonyl (C=O) groups is 4. The number of aromatic amines is 2. The van der Waals surface area contributed by atoms with E-state index >= 15 is 0 Å². The third-order valence-corrected chi connectivity index (χ3v) is 10.9. The fraction of sp³-hybridized carbons (Fsp3) is 0.439. The zero-order valence-corrected chi connectivity index (χ0v) is 32.6. The molecule has 2 aliphatic heterocycles. The Hall–Kier alpha value is -5.99. The Morgan fingerprint density at radius 1 is 0.714 bits per heavy atom. The molecule has 7 rings (SSSR count). The summed E-state index contributed by atoms with van der Waals surface area (Å²) in [5.41, 5.74) is 5.07. The number of fused-ring (bicyclic) bond motifs is 2. The highest BCUT2D eigenvalue weighted by Gasteiger charge is 2.39. The van der Waals surface area contributed by atoms with Gasteiger partial charge in [0.15, 0.2) is 0 Å². The van der Waals surface area contributed by atoms with E-state index in [0.29, 0.717) is 24.7 Å². The Morgan fingerprint density at radius 3 is 1.84 bits per heavy atom. The number of alkyl carbamates (subject to hydrolysis) is 2. The summed E-state index contributed by atoms with van der Waals surface area (Å²) in [4.78, 5) is 76.0. The van der Waals surface area contributed by atoms with Crippen molar-refractivity contribution >= 4 is 45.8 Å². The number of nitrogens with zero attached hydrogens (tertiary/aromatic N) is 5. The number of aromatic nitrogens is 5. The first-order chi connectivity index (χ1) is 26.9. The number of H-pyrrole nitrogens is 2. The van der Waals surface area contributed by atoms with Gasteiger partial charge >= 0.3 is 12.2 Å². The summed E-state index contributed by atoms with van der Waals surface area (Å²) in [7, 11) is 2.57. The lowest BCUT2D eigenvalue weighted by molar-refractivity contribution is -0.136. The van der Waals surface area contributed by atoms with Gasteiger partial charge in [0, 0.05) is 24.2 Å². The van der Waals surface area contributed by atoms with Gasteiger partial charge in [0.2, 0.25) is 11.8 Å². The third kappa shape index (κ3) is 7.62. The minimum atomic E-state index is -0.705. The third-order valence-electron chi connectivity index (χ3n) is 10.9. The molecule has 2 aromatic carbocycles. The molecule has 294 valence electrons. The number of nitrogens with one attached hydrogen (secondary N) is 4. The largest absolute Gasteiger partial charge is 0.453 e. The smallest absolute Gasteiger partial charge is 0.407 e. The number of likely N-dealkylation sites (tertiary alicyclic amines) is 2. The monoisotopic (exact) mass is 763 g/mol. The van der Waals surface area contributed by atoms with Gasteiger partial charge in [0.25, 0.3) is 0 Å². The lowest BCUT2D eigenvalue weighted by Crippen LogP contribution is -2.51. The second kappa shape index (κ2) is 16.0. The summed E-state index contributed by atoms with van der Waals surface area (Å²) in [5.74, 6) is 0.879. The van der Waals surface area contributed by atoms with Crippen LogP contribution in [0, 0.1) is 11.8 Å². The molecule has 4 amide bonds. The Bertz CT molecular complexity index is 2260. The SMILES string of the molecule is COC(=O)NC(C(=O)N1CCCC1c1ncc(-c2ccc3cc(-c4cc5nc(C6CCCN6C(=O)C(NC(=O)OC)C(C)C)[nH]c5cn4)ccc3c2)[nH]1)C(C)C. The van der Waals surface area contributed by atoms with Crippen LogP contribution in [-0.2, 0) is 19.1 Å². The second-order valence-electron chi connectivity index (χ2n) is 15.3. The van der Waals surface area contributed by atoms with E-state index in [1.54, 1.807) is 22.2 Å². The summed E-state index contributed by atoms with van der Waals surface area (Å²) in [6, 6.07) is 12.5. The van der Waals surface area contributed by atoms with Crippen molar-refractivity contribution in [2.45, 2.75) is 77.5 Å². The van der Waals surface area contributed by atoms with Crippen LogP contribution in [0.25, 0.3) is 44.3 Å². The predicted octanol–water partition coefficient (Wildman–Crippen LogP) is 6.26. The van der Waals surface area contributed by atoms with Crippen LogP contribution in [-0.4, -0.2) is 98.1 Å². The zero-order valence-electron chi connectivity index (χ0n) is 32.6. The molecule has 5 heterocycles. The quantitative estimate of drug-likeness (QED) is 0.127. The van der Waals surface area contributed by atoms with Gasteiger partial charge < -0.3 is 39.9 Å². The van der Waals surface area contributed by atoms with E-state index in [0.717, 1.165) is 70.0 Å². The van der Waals surface area contributed by atoms with Crippen LogP contribution in [0.2, 0.25) is 0 Å². The Morgan fingerprint density at radius 2 is 1.27 bits per heavy atom. The van der Waals surface area contributed by atoms with Gasteiger partial charge in [-0.1, -0.05) is 52.0 Å². The van der Waals surface area contributed by atoms with Gasteiger partial charge in [0.1, 0.15) is 23.7 Å². The number of rotatable bonds is 10. The Balaban J connectivity index is 1.07. The number of hydrogen-bond acceptors (Lipinski definition) is 9. The molecule has 4 N–H and O–H groups in total. The molecular formula is C41H49N9O6. The molecule has 2 aliphatic rings. The van der Waals surface area contributed by atoms with Crippen molar-refractivity contribution in [3.05, 3.63) is 66.5 Å². The van der Waals surface area contributed by atoms with Gasteiger partial charge in [-0.05, 0) is 66.5 Å². The number of amides is 4. The van der Waals surface area contributed by atoms with Crippen molar-refractivity contribution in [2.24, 2.45) is 11.8 Å². The van der Waals surface area contributed by atoms with Gasteiger partial charge in [-0.3, -0.25) is 14.6 Å². The number of imidazole rings is 2. The summed E-state index contributed by atoms with van der Waals surface area (Å²) < 4.78 is 9.53. The van der Waals surface area contributed by atoms with E-state index in [4.69, 9.17) is 24.4 Å². The lowest BCUT2D eigenvalue weighted by Gasteiger charge is -2.30. The summed E-state index contributed by atoms with van der Waals surface area (Å²) >= 11 is 0. The first-order valence-electron chi connectivity index (χ1n) is 19.2. The van der Waals surface area contributed by atoms with E-state index in [1.165, 1.54) is 14.2 Å². The number of benzene rings is 2. The fourth-order valence-corrected chi connectivity index (χ4v) is 7.86. The lowest BCUT2D eigenvalue weighted by atomic mass is 10.0. The van der Waals surface area contributed by atoms with E-state index in [9.17, 15) is 19.2 Å². The molecule has 0 saturated carbocycles. The average molecular weight is 764 g/mol. The summed E-state index contributed by atoms with van der Waals surface area (Å²) in [6.07, 6.45) is 5.52. The highest BCUT2D eigenvalue weighted by atomic mass is 16.5. The predicted molar refractivity (Wildman–Crippen MR) is 210 cm³/mol. The Kier molecular flexibility index (Phi) is 10.9. The van der Waals surface area contributed by atoms with Crippen molar-refractivity contribution in [3.63, 3.8) is 0 Å². The minimum Gasteiger partial charge on any atom is -0.453 e. The van der Waals surface area contributed by atoms with Crippen molar-refractivity contribution in [2.75, 3.05) is 27.3 Å². The fourth-order valence-electron chi connectivity index (χ4n) is 7.86. The van der Waals surface area contributed by atoms with E-state index in [2.05, 4.69) is 44.9 Å². The molecule has 0 bridgehead atoms. The second-order valence-corrected chi connectivity index (χ2v) is 15.3.